The average Bonchev–Trinajstić information content (AvgIpc) is 4.05. The first-order valence-corrected chi connectivity index (χ1v) is 28.4. The summed E-state index contributed by atoms with van der Waals surface area (Å²) >= 11 is 3.86. The Morgan fingerprint density at radius 1 is 0.420 bits per heavy atom. The van der Waals surface area contributed by atoms with E-state index in [2.05, 4.69) is 163 Å². The van der Waals surface area contributed by atoms with E-state index >= 15 is 0 Å². The summed E-state index contributed by atoms with van der Waals surface area (Å²) in [5.41, 5.74) is 20.1. The number of rotatable bonds is 23. The molecule has 0 aliphatic heterocycles. The lowest BCUT2D eigenvalue weighted by atomic mass is 9.70. The number of aromatic nitrogens is 2. The van der Waals surface area contributed by atoms with Crippen LogP contribution < -0.4 is 0 Å². The van der Waals surface area contributed by atoms with Crippen LogP contribution in [0.25, 0.3) is 76.0 Å². The van der Waals surface area contributed by atoms with Crippen molar-refractivity contribution in [3.8, 4) is 65.0 Å². The molecule has 0 bridgehead atoms. The molecule has 0 amide bonds. The molecule has 4 heteroatoms. The standard InChI is InChI=1S/C65H74N2S2/c1-7-11-13-15-17-25-39-65(40-26-18-16-14-12-8-2)56-41-45(5)33-35-52(56)53-36-34-51(42-57(53)65)64-50(28-10-4)44-59(69-64)55-38-37-54(58-43-49(27-9-3)46(6)68-58)62-63(55)67-61(48-31-23-20-24-32-48)60(66-62)47-29-21-19-22-30-47/h19-24,29-38,41-44H,7-18,25-28,39-40H2,1-6H3. The normalized spacial score (nSPS) is 12.8. The lowest BCUT2D eigenvalue weighted by Crippen LogP contribution is -2.25. The van der Waals surface area contributed by atoms with Crippen molar-refractivity contribution in [2.45, 2.75) is 163 Å². The third-order valence-corrected chi connectivity index (χ3v) is 17.4. The van der Waals surface area contributed by atoms with Crippen LogP contribution in [0.5, 0.6) is 0 Å². The van der Waals surface area contributed by atoms with E-state index in [1.807, 2.05) is 22.7 Å². The minimum Gasteiger partial charge on any atom is -0.243 e. The van der Waals surface area contributed by atoms with Crippen molar-refractivity contribution in [1.82, 2.24) is 9.97 Å². The molecule has 2 nitrogen and oxygen atoms in total. The molecule has 9 rings (SSSR count). The first-order chi connectivity index (χ1) is 33.9. The lowest BCUT2D eigenvalue weighted by Gasteiger charge is -2.33. The van der Waals surface area contributed by atoms with E-state index in [1.165, 1.54) is 154 Å². The summed E-state index contributed by atoms with van der Waals surface area (Å²) in [5.74, 6) is 0. The van der Waals surface area contributed by atoms with Crippen molar-refractivity contribution < 1.29 is 0 Å². The van der Waals surface area contributed by atoms with E-state index < -0.39 is 0 Å². The van der Waals surface area contributed by atoms with Gasteiger partial charge in [0.15, 0.2) is 0 Å². The number of aryl methyl sites for hydroxylation is 4. The molecule has 1 aliphatic rings. The summed E-state index contributed by atoms with van der Waals surface area (Å²) in [7, 11) is 0. The number of fused-ring (bicyclic) bond motifs is 4. The fourth-order valence-corrected chi connectivity index (χ4v) is 13.7. The van der Waals surface area contributed by atoms with Crippen molar-refractivity contribution in [3.05, 3.63) is 154 Å². The highest BCUT2D eigenvalue weighted by Crippen LogP contribution is 2.56. The van der Waals surface area contributed by atoms with Gasteiger partial charge in [-0.15, -0.1) is 22.7 Å². The molecule has 0 radical (unpaired) electrons. The number of unbranched alkanes of at least 4 members (excludes halogenated alkanes) is 10. The highest BCUT2D eigenvalue weighted by atomic mass is 32.1. The zero-order valence-electron chi connectivity index (χ0n) is 42.5. The van der Waals surface area contributed by atoms with Crippen LogP contribution in [0.3, 0.4) is 0 Å². The van der Waals surface area contributed by atoms with Gasteiger partial charge in [-0.2, -0.15) is 0 Å². The van der Waals surface area contributed by atoms with Gasteiger partial charge in [-0.3, -0.25) is 0 Å². The molecule has 8 aromatic rings. The first kappa shape index (κ1) is 48.8. The molecule has 69 heavy (non-hydrogen) atoms. The number of benzene rings is 5. The molecule has 0 N–H and O–H groups in total. The summed E-state index contributed by atoms with van der Waals surface area (Å²) < 4.78 is 0. The summed E-state index contributed by atoms with van der Waals surface area (Å²) in [6.45, 7) is 13.8. The molecule has 3 heterocycles. The summed E-state index contributed by atoms with van der Waals surface area (Å²) in [6, 6.07) is 46.0. The van der Waals surface area contributed by atoms with Crippen molar-refractivity contribution in [2.75, 3.05) is 0 Å². The minimum absolute atomic E-state index is 0.0380. The largest absolute Gasteiger partial charge is 0.243 e. The van der Waals surface area contributed by atoms with Crippen molar-refractivity contribution in [3.63, 3.8) is 0 Å². The fraction of sp³-hybridized carbons (Fsp3) is 0.385. The second-order valence-electron chi connectivity index (χ2n) is 20.1. The molecule has 0 saturated carbocycles. The molecular formula is C65H74N2S2. The van der Waals surface area contributed by atoms with E-state index in [4.69, 9.17) is 9.97 Å². The van der Waals surface area contributed by atoms with E-state index in [-0.39, 0.29) is 5.41 Å². The maximum absolute atomic E-state index is 5.76. The second kappa shape index (κ2) is 22.7. The Kier molecular flexibility index (Phi) is 16.1. The van der Waals surface area contributed by atoms with Crippen LogP contribution in [0.15, 0.2) is 121 Å². The Morgan fingerprint density at radius 3 is 1.46 bits per heavy atom. The Labute approximate surface area is 422 Å². The predicted octanol–water partition coefficient (Wildman–Crippen LogP) is 20.4. The quantitative estimate of drug-likeness (QED) is 0.0597. The Bertz CT molecular complexity index is 2960. The van der Waals surface area contributed by atoms with Gasteiger partial charge in [0.2, 0.25) is 0 Å². The van der Waals surface area contributed by atoms with Gasteiger partial charge in [-0.1, -0.05) is 226 Å². The smallest absolute Gasteiger partial charge is 0.0988 e. The summed E-state index contributed by atoms with van der Waals surface area (Å²) in [6.07, 6.45) is 22.7. The number of hydrogen-bond donors (Lipinski definition) is 0. The van der Waals surface area contributed by atoms with Gasteiger partial charge in [-0.05, 0) is 96.7 Å². The SMILES string of the molecule is CCCCCCCCC1(CCCCCCCC)c2cc(C)ccc2-c2ccc(-c3sc(-c4ccc(-c5cc(CCC)c(C)s5)c5nc(-c6ccccc6)c(-c6ccccc6)nc45)cc3CCC)cc21. The second-order valence-corrected chi connectivity index (χ2v) is 22.4. The highest BCUT2D eigenvalue weighted by molar-refractivity contribution is 7.19. The Balaban J connectivity index is 1.20. The van der Waals surface area contributed by atoms with Crippen LogP contribution in [0.1, 0.15) is 163 Å². The van der Waals surface area contributed by atoms with Gasteiger partial charge in [0.25, 0.3) is 0 Å². The summed E-state index contributed by atoms with van der Waals surface area (Å²) in [5, 5.41) is 0. The zero-order chi connectivity index (χ0) is 47.7. The minimum atomic E-state index is 0.0380. The van der Waals surface area contributed by atoms with Gasteiger partial charge in [0, 0.05) is 47.2 Å². The van der Waals surface area contributed by atoms with Crippen LogP contribution in [0, 0.1) is 13.8 Å². The molecule has 1 aliphatic carbocycles. The summed E-state index contributed by atoms with van der Waals surface area (Å²) in [4.78, 5) is 16.8. The maximum atomic E-state index is 5.76. The van der Waals surface area contributed by atoms with E-state index in [9.17, 15) is 0 Å². The van der Waals surface area contributed by atoms with E-state index in [1.54, 1.807) is 11.1 Å². The van der Waals surface area contributed by atoms with E-state index in [0.717, 1.165) is 59.2 Å². The van der Waals surface area contributed by atoms with Gasteiger partial charge in [-0.25, -0.2) is 9.97 Å². The van der Waals surface area contributed by atoms with Gasteiger partial charge in [0.1, 0.15) is 0 Å². The van der Waals surface area contributed by atoms with Gasteiger partial charge >= 0.3 is 0 Å². The van der Waals surface area contributed by atoms with Crippen molar-refractivity contribution in [1.29, 1.82) is 0 Å². The maximum Gasteiger partial charge on any atom is 0.0988 e. The number of hydrogen-bond acceptors (Lipinski definition) is 4. The lowest BCUT2D eigenvalue weighted by molar-refractivity contribution is 0.398. The molecule has 0 atom stereocenters. The van der Waals surface area contributed by atoms with Crippen LogP contribution in [-0.4, -0.2) is 9.97 Å². The third-order valence-electron chi connectivity index (χ3n) is 15.0. The monoisotopic (exact) mass is 947 g/mol. The van der Waals surface area contributed by atoms with Crippen LogP contribution >= 0.6 is 22.7 Å². The third kappa shape index (κ3) is 10.4. The molecular weight excluding hydrogens is 873 g/mol. The molecule has 0 fully saturated rings. The van der Waals surface area contributed by atoms with Gasteiger partial charge in [0.05, 0.1) is 22.4 Å². The molecule has 5 aromatic carbocycles. The predicted molar refractivity (Wildman–Crippen MR) is 302 cm³/mol. The average molecular weight is 947 g/mol. The Morgan fingerprint density at radius 2 is 0.899 bits per heavy atom. The number of nitrogens with zero attached hydrogens (tertiary/aromatic N) is 2. The van der Waals surface area contributed by atoms with Crippen LogP contribution in [-0.2, 0) is 18.3 Å². The van der Waals surface area contributed by atoms with E-state index in [0.29, 0.717) is 0 Å². The van der Waals surface area contributed by atoms with Crippen LogP contribution in [0.2, 0.25) is 0 Å². The number of thiophene rings is 2. The highest BCUT2D eigenvalue weighted by Gasteiger charge is 2.42. The van der Waals surface area contributed by atoms with Crippen LogP contribution in [0.4, 0.5) is 0 Å². The molecule has 0 saturated heterocycles. The zero-order valence-corrected chi connectivity index (χ0v) is 44.1. The first-order valence-electron chi connectivity index (χ1n) is 26.8. The van der Waals surface area contributed by atoms with Gasteiger partial charge < -0.3 is 0 Å². The molecule has 3 aromatic heterocycles. The molecule has 356 valence electrons. The van der Waals surface area contributed by atoms with Crippen molar-refractivity contribution >= 4 is 33.7 Å². The molecule has 0 unspecified atom stereocenters. The fourth-order valence-electron chi connectivity index (χ4n) is 11.4. The molecule has 0 spiro atoms. The topological polar surface area (TPSA) is 25.8 Å². The van der Waals surface area contributed by atoms with Crippen molar-refractivity contribution in [2.24, 2.45) is 0 Å². The Hall–Kier alpha value is -5.16.